The number of phenols is 1. The number of allylic oxidation sites excluding steroid dienone is 2. The van der Waals surface area contributed by atoms with Gasteiger partial charge in [0.2, 0.25) is 0 Å². The van der Waals surface area contributed by atoms with Crippen molar-refractivity contribution in [1.29, 1.82) is 0 Å². The van der Waals surface area contributed by atoms with Gasteiger partial charge in [-0.3, -0.25) is 0 Å². The van der Waals surface area contributed by atoms with Crippen LogP contribution in [0.5, 0.6) is 5.75 Å². The van der Waals surface area contributed by atoms with Crippen LogP contribution >= 0.6 is 0 Å². The molecule has 1 aliphatic rings. The van der Waals surface area contributed by atoms with Crippen molar-refractivity contribution in [3.8, 4) is 5.75 Å². The highest BCUT2D eigenvalue weighted by molar-refractivity contribution is 5.30. The predicted octanol–water partition coefficient (Wildman–Crippen LogP) is 3.61. The van der Waals surface area contributed by atoms with Crippen molar-refractivity contribution < 1.29 is 5.11 Å². The molecule has 1 atom stereocenters. The van der Waals surface area contributed by atoms with E-state index in [1.165, 1.54) is 31.2 Å². The molecule has 1 aromatic rings. The van der Waals surface area contributed by atoms with Gasteiger partial charge in [0.05, 0.1) is 0 Å². The van der Waals surface area contributed by atoms with Gasteiger partial charge in [-0.05, 0) is 37.0 Å². The largest absolute Gasteiger partial charge is 0.508 e. The molecule has 1 heteroatoms. The summed E-state index contributed by atoms with van der Waals surface area (Å²) in [5.74, 6) is 0.907. The quantitative estimate of drug-likeness (QED) is 0.667. The lowest BCUT2D eigenvalue weighted by molar-refractivity contribution is 0.475. The molecule has 0 radical (unpaired) electrons. The maximum atomic E-state index is 9.19. The summed E-state index contributed by atoms with van der Waals surface area (Å²) in [7, 11) is 0. The summed E-state index contributed by atoms with van der Waals surface area (Å²) in [6, 6.07) is 7.59. The monoisotopic (exact) mass is 188 g/mol. The van der Waals surface area contributed by atoms with Crippen LogP contribution in [0.4, 0.5) is 0 Å². The highest BCUT2D eigenvalue weighted by Crippen LogP contribution is 2.27. The van der Waals surface area contributed by atoms with Crippen molar-refractivity contribution in [2.45, 2.75) is 31.6 Å². The summed E-state index contributed by atoms with van der Waals surface area (Å²) in [5.41, 5.74) is 1.32. The normalized spacial score (nSPS) is 21.9. The fourth-order valence-corrected chi connectivity index (χ4v) is 1.98. The van der Waals surface area contributed by atoms with Crippen molar-refractivity contribution >= 4 is 0 Å². The van der Waals surface area contributed by atoms with E-state index in [1.54, 1.807) is 12.1 Å². The molecular weight excluding hydrogens is 172 g/mol. The van der Waals surface area contributed by atoms with Crippen LogP contribution in [0.1, 0.15) is 37.2 Å². The van der Waals surface area contributed by atoms with Crippen molar-refractivity contribution in [2.75, 3.05) is 0 Å². The molecule has 2 rings (SSSR count). The molecule has 1 unspecified atom stereocenters. The zero-order valence-electron chi connectivity index (χ0n) is 8.32. The first kappa shape index (κ1) is 9.32. The van der Waals surface area contributed by atoms with E-state index in [2.05, 4.69) is 12.2 Å². The van der Waals surface area contributed by atoms with Crippen LogP contribution < -0.4 is 0 Å². The Kier molecular flexibility index (Phi) is 2.87. The van der Waals surface area contributed by atoms with E-state index in [0.717, 1.165) is 0 Å². The molecule has 1 aliphatic carbocycles. The van der Waals surface area contributed by atoms with Gasteiger partial charge in [0.15, 0.2) is 0 Å². The van der Waals surface area contributed by atoms with Gasteiger partial charge in [-0.1, -0.05) is 30.7 Å². The van der Waals surface area contributed by atoms with Gasteiger partial charge in [0.25, 0.3) is 0 Å². The maximum Gasteiger partial charge on any atom is 0.115 e. The Morgan fingerprint density at radius 1 is 1.07 bits per heavy atom. The van der Waals surface area contributed by atoms with Crippen molar-refractivity contribution in [3.63, 3.8) is 0 Å². The first-order valence-corrected chi connectivity index (χ1v) is 5.32. The lowest BCUT2D eigenvalue weighted by Gasteiger charge is -2.10. The van der Waals surface area contributed by atoms with Crippen LogP contribution in [0.3, 0.4) is 0 Å². The van der Waals surface area contributed by atoms with Gasteiger partial charge < -0.3 is 5.11 Å². The number of aromatic hydroxyl groups is 1. The Bertz CT molecular complexity index is 311. The summed E-state index contributed by atoms with van der Waals surface area (Å²) in [6.45, 7) is 0. The molecule has 0 saturated heterocycles. The second-order valence-corrected chi connectivity index (χ2v) is 3.91. The highest BCUT2D eigenvalue weighted by atomic mass is 16.3. The molecule has 14 heavy (non-hydrogen) atoms. The van der Waals surface area contributed by atoms with E-state index in [-0.39, 0.29) is 0 Å². The molecule has 1 nitrogen and oxygen atoms in total. The number of rotatable bonds is 1. The fourth-order valence-electron chi connectivity index (χ4n) is 1.98. The molecule has 0 bridgehead atoms. The van der Waals surface area contributed by atoms with E-state index >= 15 is 0 Å². The van der Waals surface area contributed by atoms with Crippen molar-refractivity contribution in [1.82, 2.24) is 0 Å². The Labute approximate surface area is 85.1 Å². The summed E-state index contributed by atoms with van der Waals surface area (Å²) < 4.78 is 0. The first-order valence-electron chi connectivity index (χ1n) is 5.32. The Balaban J connectivity index is 2.16. The van der Waals surface area contributed by atoms with Crippen LogP contribution in [0.15, 0.2) is 36.4 Å². The maximum absolute atomic E-state index is 9.19. The Morgan fingerprint density at radius 2 is 1.86 bits per heavy atom. The number of phenolic OH excluding ortho intramolecular Hbond substituents is 1. The third kappa shape index (κ3) is 2.16. The topological polar surface area (TPSA) is 20.2 Å². The van der Waals surface area contributed by atoms with Gasteiger partial charge in [0, 0.05) is 5.92 Å². The second-order valence-electron chi connectivity index (χ2n) is 3.91. The van der Waals surface area contributed by atoms with E-state index < -0.39 is 0 Å². The number of hydrogen-bond acceptors (Lipinski definition) is 1. The van der Waals surface area contributed by atoms with E-state index in [1.807, 2.05) is 12.1 Å². The molecule has 0 fully saturated rings. The van der Waals surface area contributed by atoms with Gasteiger partial charge >= 0.3 is 0 Å². The average Bonchev–Trinajstić information content (AvgIpc) is 2.47. The van der Waals surface area contributed by atoms with Crippen LogP contribution in [-0.4, -0.2) is 5.11 Å². The van der Waals surface area contributed by atoms with E-state index in [0.29, 0.717) is 11.7 Å². The molecule has 0 aliphatic heterocycles. The minimum atomic E-state index is 0.353. The minimum Gasteiger partial charge on any atom is -0.508 e. The molecule has 0 amide bonds. The zero-order valence-corrected chi connectivity index (χ0v) is 8.32. The molecular formula is C13H16O. The third-order valence-electron chi connectivity index (χ3n) is 2.83. The second kappa shape index (κ2) is 4.32. The summed E-state index contributed by atoms with van der Waals surface area (Å²) in [5, 5.41) is 9.19. The molecule has 0 aromatic heterocycles. The lowest BCUT2D eigenvalue weighted by atomic mass is 9.95. The molecule has 74 valence electrons. The van der Waals surface area contributed by atoms with Gasteiger partial charge in [-0.25, -0.2) is 0 Å². The SMILES string of the molecule is Oc1ccc(C2C=CCCCC2)cc1. The average molecular weight is 188 g/mol. The summed E-state index contributed by atoms with van der Waals surface area (Å²) >= 11 is 0. The highest BCUT2D eigenvalue weighted by Gasteiger charge is 2.09. The smallest absolute Gasteiger partial charge is 0.115 e. The fraction of sp³-hybridized carbons (Fsp3) is 0.385. The molecule has 1 N–H and O–H groups in total. The molecule has 0 saturated carbocycles. The summed E-state index contributed by atoms with van der Waals surface area (Å²) in [4.78, 5) is 0. The molecule has 0 heterocycles. The van der Waals surface area contributed by atoms with Gasteiger partial charge in [-0.2, -0.15) is 0 Å². The standard InChI is InChI=1S/C13H16O/c14-13-9-7-12(8-10-13)11-5-3-1-2-4-6-11/h3,5,7-11,14H,1-2,4,6H2. The minimum absolute atomic E-state index is 0.353. The first-order chi connectivity index (χ1) is 6.86. The predicted molar refractivity (Wildman–Crippen MR) is 58.5 cm³/mol. The molecule has 0 spiro atoms. The van der Waals surface area contributed by atoms with Gasteiger partial charge in [0.1, 0.15) is 5.75 Å². The van der Waals surface area contributed by atoms with Crippen molar-refractivity contribution in [3.05, 3.63) is 42.0 Å². The van der Waals surface area contributed by atoms with Crippen molar-refractivity contribution in [2.24, 2.45) is 0 Å². The van der Waals surface area contributed by atoms with Gasteiger partial charge in [-0.15, -0.1) is 0 Å². The number of hydrogen-bond donors (Lipinski definition) is 1. The van der Waals surface area contributed by atoms with E-state index in [9.17, 15) is 5.11 Å². The van der Waals surface area contributed by atoms with Crippen LogP contribution in [0.2, 0.25) is 0 Å². The number of benzene rings is 1. The van der Waals surface area contributed by atoms with E-state index in [4.69, 9.17) is 0 Å². The Morgan fingerprint density at radius 3 is 2.64 bits per heavy atom. The van der Waals surface area contributed by atoms with Crippen LogP contribution in [-0.2, 0) is 0 Å². The third-order valence-corrected chi connectivity index (χ3v) is 2.83. The Hall–Kier alpha value is -1.24. The van der Waals surface area contributed by atoms with Crippen LogP contribution in [0.25, 0.3) is 0 Å². The van der Waals surface area contributed by atoms with Crippen LogP contribution in [0, 0.1) is 0 Å². The molecule has 1 aromatic carbocycles. The summed E-state index contributed by atoms with van der Waals surface area (Å²) in [6.07, 6.45) is 9.66. The zero-order chi connectivity index (χ0) is 9.80. The lowest BCUT2D eigenvalue weighted by Crippen LogP contribution is -1.93.